The number of aliphatic hydroxyl groups excluding tert-OH is 1. The van der Waals surface area contributed by atoms with E-state index >= 15 is 0 Å². The van der Waals surface area contributed by atoms with Crippen LogP contribution in [0.5, 0.6) is 0 Å². The fraction of sp³-hybridized carbons (Fsp3) is 0.500. The summed E-state index contributed by atoms with van der Waals surface area (Å²) in [6.45, 7) is 4.72. The molecule has 1 heterocycles. The summed E-state index contributed by atoms with van der Waals surface area (Å²) in [6.07, 6.45) is 0. The molecule has 0 unspecified atom stereocenters. The number of hydrogen-bond donors (Lipinski definition) is 2. The maximum absolute atomic E-state index is 8.90. The first-order valence-corrected chi connectivity index (χ1v) is 5.25. The molecule has 1 aliphatic rings. The first-order valence-electron chi connectivity index (χ1n) is 5.25. The highest BCUT2D eigenvalue weighted by Gasteiger charge is 2.32. The Labute approximate surface area is 90.1 Å². The van der Waals surface area contributed by atoms with Crippen molar-refractivity contribution in [2.24, 2.45) is 0 Å². The minimum atomic E-state index is 0.00957. The molecule has 3 nitrogen and oxygen atoms in total. The van der Waals surface area contributed by atoms with Gasteiger partial charge in [-0.25, -0.2) is 0 Å². The van der Waals surface area contributed by atoms with Gasteiger partial charge in [0.25, 0.3) is 0 Å². The summed E-state index contributed by atoms with van der Waals surface area (Å²) in [7, 11) is 0. The van der Waals surface area contributed by atoms with Crippen molar-refractivity contribution in [1.82, 2.24) is 5.32 Å². The second-order valence-corrected chi connectivity index (χ2v) is 4.32. The van der Waals surface area contributed by atoms with E-state index < -0.39 is 0 Å². The second-order valence-electron chi connectivity index (χ2n) is 4.32. The van der Waals surface area contributed by atoms with Gasteiger partial charge < -0.3 is 15.2 Å². The summed E-state index contributed by atoms with van der Waals surface area (Å²) >= 11 is 0. The van der Waals surface area contributed by atoms with Crippen molar-refractivity contribution in [2.75, 3.05) is 13.1 Å². The van der Waals surface area contributed by atoms with Crippen molar-refractivity contribution in [2.45, 2.75) is 25.7 Å². The van der Waals surface area contributed by atoms with E-state index in [-0.39, 0.29) is 12.2 Å². The van der Waals surface area contributed by atoms with Crippen LogP contribution in [0.2, 0.25) is 0 Å². The molecule has 1 aliphatic heterocycles. The lowest BCUT2D eigenvalue weighted by Crippen LogP contribution is -2.58. The lowest BCUT2D eigenvalue weighted by molar-refractivity contribution is -0.0767. The molecule has 1 aromatic carbocycles. The predicted octanol–water partition coefficient (Wildman–Crippen LogP) is 1.06. The number of ether oxygens (including phenoxy) is 1. The highest BCUT2D eigenvalue weighted by atomic mass is 16.5. The standard InChI is InChI=1S/C12H17NO2/c1-12(8-13-9-12)15-7-11-4-2-10(6-14)3-5-11/h2-5,13-14H,6-9H2,1H3. The van der Waals surface area contributed by atoms with Gasteiger partial charge in [0.15, 0.2) is 0 Å². The monoisotopic (exact) mass is 207 g/mol. The zero-order valence-electron chi connectivity index (χ0n) is 8.99. The molecule has 0 atom stereocenters. The molecule has 0 aliphatic carbocycles. The third-order valence-corrected chi connectivity index (χ3v) is 2.79. The van der Waals surface area contributed by atoms with Crippen molar-refractivity contribution >= 4 is 0 Å². The Kier molecular flexibility index (Phi) is 3.05. The van der Waals surface area contributed by atoms with E-state index in [0.29, 0.717) is 6.61 Å². The van der Waals surface area contributed by atoms with Crippen LogP contribution in [0.3, 0.4) is 0 Å². The van der Waals surface area contributed by atoms with Gasteiger partial charge in [-0.15, -0.1) is 0 Å². The number of rotatable bonds is 4. The normalized spacial score (nSPS) is 18.5. The molecule has 0 bridgehead atoms. The Morgan fingerprint density at radius 1 is 1.27 bits per heavy atom. The van der Waals surface area contributed by atoms with Crippen LogP contribution in [0.1, 0.15) is 18.1 Å². The second kappa shape index (κ2) is 4.31. The summed E-state index contributed by atoms with van der Waals surface area (Å²) in [5.41, 5.74) is 2.10. The number of benzene rings is 1. The van der Waals surface area contributed by atoms with Gasteiger partial charge in [0, 0.05) is 13.1 Å². The molecule has 1 saturated heterocycles. The van der Waals surface area contributed by atoms with E-state index in [1.807, 2.05) is 24.3 Å². The molecule has 0 radical (unpaired) electrons. The van der Waals surface area contributed by atoms with Crippen molar-refractivity contribution < 1.29 is 9.84 Å². The van der Waals surface area contributed by atoms with Crippen LogP contribution in [0.4, 0.5) is 0 Å². The number of hydrogen-bond acceptors (Lipinski definition) is 3. The van der Waals surface area contributed by atoms with Gasteiger partial charge in [-0.3, -0.25) is 0 Å². The van der Waals surface area contributed by atoms with E-state index in [4.69, 9.17) is 9.84 Å². The third-order valence-electron chi connectivity index (χ3n) is 2.79. The molecular weight excluding hydrogens is 190 g/mol. The lowest BCUT2D eigenvalue weighted by Gasteiger charge is -2.39. The summed E-state index contributed by atoms with van der Waals surface area (Å²) in [4.78, 5) is 0. The first-order chi connectivity index (χ1) is 7.22. The SMILES string of the molecule is CC1(OCc2ccc(CO)cc2)CNC1. The molecular formula is C12H17NO2. The largest absolute Gasteiger partial charge is 0.392 e. The van der Waals surface area contributed by atoms with Gasteiger partial charge >= 0.3 is 0 Å². The topological polar surface area (TPSA) is 41.5 Å². The maximum atomic E-state index is 8.90. The smallest absolute Gasteiger partial charge is 0.0906 e. The van der Waals surface area contributed by atoms with Gasteiger partial charge in [-0.2, -0.15) is 0 Å². The van der Waals surface area contributed by atoms with Crippen LogP contribution in [-0.4, -0.2) is 23.8 Å². The quantitative estimate of drug-likeness (QED) is 0.775. The van der Waals surface area contributed by atoms with Crippen LogP contribution in [0, 0.1) is 0 Å². The van der Waals surface area contributed by atoms with E-state index in [9.17, 15) is 0 Å². The van der Waals surface area contributed by atoms with Crippen molar-refractivity contribution in [3.8, 4) is 0 Å². The highest BCUT2D eigenvalue weighted by Crippen LogP contribution is 2.17. The fourth-order valence-corrected chi connectivity index (χ4v) is 1.58. The molecule has 3 heteroatoms. The van der Waals surface area contributed by atoms with E-state index in [2.05, 4.69) is 12.2 Å². The minimum absolute atomic E-state index is 0.00957. The Morgan fingerprint density at radius 2 is 1.87 bits per heavy atom. The predicted molar refractivity (Wildman–Crippen MR) is 58.4 cm³/mol. The van der Waals surface area contributed by atoms with E-state index in [1.165, 1.54) is 0 Å². The van der Waals surface area contributed by atoms with Gasteiger partial charge in [-0.1, -0.05) is 24.3 Å². The fourth-order valence-electron chi connectivity index (χ4n) is 1.58. The summed E-state index contributed by atoms with van der Waals surface area (Å²) in [6, 6.07) is 7.86. The van der Waals surface area contributed by atoms with Crippen LogP contribution in [0.25, 0.3) is 0 Å². The molecule has 2 rings (SSSR count). The summed E-state index contributed by atoms with van der Waals surface area (Å²) in [5.74, 6) is 0. The van der Waals surface area contributed by atoms with Crippen molar-refractivity contribution in [3.05, 3.63) is 35.4 Å². The van der Waals surface area contributed by atoms with Gasteiger partial charge in [0.1, 0.15) is 0 Å². The molecule has 0 saturated carbocycles. The molecule has 82 valence electrons. The van der Waals surface area contributed by atoms with Gasteiger partial charge in [-0.05, 0) is 18.1 Å². The first kappa shape index (κ1) is 10.6. The zero-order chi connectivity index (χ0) is 10.7. The summed E-state index contributed by atoms with van der Waals surface area (Å²) in [5, 5.41) is 12.1. The number of aliphatic hydroxyl groups is 1. The molecule has 1 fully saturated rings. The maximum Gasteiger partial charge on any atom is 0.0906 e. The number of nitrogens with one attached hydrogen (secondary N) is 1. The third kappa shape index (κ3) is 2.56. The van der Waals surface area contributed by atoms with Crippen LogP contribution in [0.15, 0.2) is 24.3 Å². The molecule has 1 aromatic rings. The molecule has 15 heavy (non-hydrogen) atoms. The van der Waals surface area contributed by atoms with Crippen molar-refractivity contribution in [3.63, 3.8) is 0 Å². The van der Waals surface area contributed by atoms with E-state index in [1.54, 1.807) is 0 Å². The van der Waals surface area contributed by atoms with Gasteiger partial charge in [0.05, 0.1) is 18.8 Å². The Bertz CT molecular complexity index is 317. The van der Waals surface area contributed by atoms with Crippen LogP contribution < -0.4 is 5.32 Å². The Balaban J connectivity index is 1.87. The zero-order valence-corrected chi connectivity index (χ0v) is 8.99. The summed E-state index contributed by atoms with van der Waals surface area (Å²) < 4.78 is 5.80. The average molecular weight is 207 g/mol. The molecule has 0 amide bonds. The highest BCUT2D eigenvalue weighted by molar-refractivity contribution is 5.21. The lowest BCUT2D eigenvalue weighted by atomic mass is 10.00. The van der Waals surface area contributed by atoms with Crippen molar-refractivity contribution in [1.29, 1.82) is 0 Å². The molecule has 0 aromatic heterocycles. The van der Waals surface area contributed by atoms with E-state index in [0.717, 1.165) is 24.2 Å². The average Bonchev–Trinajstić information content (AvgIpc) is 2.24. The Hall–Kier alpha value is -0.900. The molecule has 2 N–H and O–H groups in total. The van der Waals surface area contributed by atoms with Crippen LogP contribution >= 0.6 is 0 Å². The minimum Gasteiger partial charge on any atom is -0.392 e. The Morgan fingerprint density at radius 3 is 2.33 bits per heavy atom. The van der Waals surface area contributed by atoms with Gasteiger partial charge in [0.2, 0.25) is 0 Å². The molecule has 0 spiro atoms. The van der Waals surface area contributed by atoms with Crippen LogP contribution in [-0.2, 0) is 18.0 Å².